The van der Waals surface area contributed by atoms with Crippen LogP contribution < -0.4 is 5.32 Å². The van der Waals surface area contributed by atoms with E-state index in [1.165, 1.54) is 0 Å². The summed E-state index contributed by atoms with van der Waals surface area (Å²) in [5, 5.41) is 6.90. The molecule has 5 rings (SSSR count). The fourth-order valence-corrected chi connectivity index (χ4v) is 4.47. The van der Waals surface area contributed by atoms with Crippen LogP contribution in [0.3, 0.4) is 0 Å². The minimum absolute atomic E-state index is 0.0131. The summed E-state index contributed by atoms with van der Waals surface area (Å²) in [6.07, 6.45) is 2.29. The lowest BCUT2D eigenvalue weighted by atomic mass is 9.91. The first-order valence-electron chi connectivity index (χ1n) is 11.1. The molecule has 0 aliphatic heterocycles. The number of anilines is 1. The van der Waals surface area contributed by atoms with Crippen LogP contribution in [0.5, 0.6) is 0 Å². The molecule has 1 aliphatic carbocycles. The highest BCUT2D eigenvalue weighted by Crippen LogP contribution is 2.37. The first-order chi connectivity index (χ1) is 16.8. The highest BCUT2D eigenvalue weighted by molar-refractivity contribution is 5.70. The number of halogens is 5. The van der Waals surface area contributed by atoms with Gasteiger partial charge in [0.05, 0.1) is 18.2 Å². The van der Waals surface area contributed by atoms with Crippen molar-refractivity contribution >= 4 is 17.1 Å². The van der Waals surface area contributed by atoms with Gasteiger partial charge in [0.25, 0.3) is 6.43 Å². The van der Waals surface area contributed by atoms with Crippen molar-refractivity contribution < 1.29 is 22.0 Å². The molecule has 1 fully saturated rings. The minimum Gasteiger partial charge on any atom is -0.351 e. The maximum atomic E-state index is 13.6. The summed E-state index contributed by atoms with van der Waals surface area (Å²) in [4.78, 5) is 16.8. The van der Waals surface area contributed by atoms with E-state index in [2.05, 4.69) is 30.4 Å². The Morgan fingerprint density at radius 2 is 1.97 bits per heavy atom. The number of hydrogen-bond donors (Lipinski definition) is 1. The van der Waals surface area contributed by atoms with E-state index in [-0.39, 0.29) is 23.6 Å². The van der Waals surface area contributed by atoms with Gasteiger partial charge in [0.15, 0.2) is 5.65 Å². The van der Waals surface area contributed by atoms with Crippen molar-refractivity contribution in [2.75, 3.05) is 5.32 Å². The van der Waals surface area contributed by atoms with E-state index >= 15 is 0 Å². The molecule has 0 bridgehead atoms. The van der Waals surface area contributed by atoms with E-state index in [9.17, 15) is 22.0 Å². The molecule has 13 heteroatoms. The Morgan fingerprint density at radius 3 is 2.77 bits per heavy atom. The van der Waals surface area contributed by atoms with E-state index < -0.39 is 30.4 Å². The lowest BCUT2D eigenvalue weighted by Gasteiger charge is -2.30. The van der Waals surface area contributed by atoms with Gasteiger partial charge in [-0.25, -0.2) is 28.7 Å². The zero-order chi connectivity index (χ0) is 24.6. The molecule has 0 amide bonds. The zero-order valence-corrected chi connectivity index (χ0v) is 18.3. The average molecular weight is 492 g/mol. The predicted octanol–water partition coefficient (Wildman–Crippen LogP) is 4.96. The normalized spacial score (nSPS) is 18.9. The van der Waals surface area contributed by atoms with Crippen molar-refractivity contribution in [3.8, 4) is 11.3 Å². The molecule has 8 nitrogen and oxygen atoms in total. The zero-order valence-electron chi connectivity index (χ0n) is 18.3. The summed E-state index contributed by atoms with van der Waals surface area (Å²) in [6, 6.07) is 3.74. The van der Waals surface area contributed by atoms with Crippen LogP contribution in [0, 0.1) is 0 Å². The van der Waals surface area contributed by atoms with E-state index in [0.29, 0.717) is 12.6 Å². The minimum atomic E-state index is -4.72. The van der Waals surface area contributed by atoms with Crippen LogP contribution in [-0.4, -0.2) is 46.8 Å². The molecule has 0 radical (unpaired) electrons. The van der Waals surface area contributed by atoms with Gasteiger partial charge in [-0.1, -0.05) is 0 Å². The maximum absolute atomic E-state index is 13.6. The number of fused-ring (bicyclic) bond motifs is 1. The summed E-state index contributed by atoms with van der Waals surface area (Å²) in [5.74, 6) is 0.0360. The third kappa shape index (κ3) is 4.93. The Hall–Kier alpha value is -3.64. The van der Waals surface area contributed by atoms with E-state index in [1.54, 1.807) is 12.5 Å². The van der Waals surface area contributed by atoms with Crippen LogP contribution >= 0.6 is 0 Å². The summed E-state index contributed by atoms with van der Waals surface area (Å²) in [7, 11) is 0. The largest absolute Gasteiger partial charge is 0.419 e. The number of alkyl halides is 5. The number of nitrogens with one attached hydrogen (secondary N) is 1. The van der Waals surface area contributed by atoms with Crippen LogP contribution in [0.1, 0.15) is 37.3 Å². The molecule has 4 aromatic heterocycles. The highest BCUT2D eigenvalue weighted by atomic mass is 19.4. The second-order valence-corrected chi connectivity index (χ2v) is 8.46. The molecule has 4 heterocycles. The molecule has 0 saturated heterocycles. The molecule has 0 aromatic carbocycles. The molecule has 35 heavy (non-hydrogen) atoms. The van der Waals surface area contributed by atoms with Crippen molar-refractivity contribution in [2.24, 2.45) is 0 Å². The second-order valence-electron chi connectivity index (χ2n) is 8.46. The third-order valence-corrected chi connectivity index (χ3v) is 6.03. The van der Waals surface area contributed by atoms with E-state index in [0.717, 1.165) is 47.5 Å². The molecule has 0 unspecified atom stereocenters. The number of aromatic nitrogens is 7. The van der Waals surface area contributed by atoms with Crippen molar-refractivity contribution in [1.29, 1.82) is 0 Å². The van der Waals surface area contributed by atoms with Gasteiger partial charge in [0, 0.05) is 36.2 Å². The van der Waals surface area contributed by atoms with Gasteiger partial charge in [-0.05, 0) is 37.8 Å². The Labute approximate surface area is 196 Å². The molecule has 184 valence electrons. The van der Waals surface area contributed by atoms with E-state index in [4.69, 9.17) is 0 Å². The maximum Gasteiger partial charge on any atom is 0.419 e. The Kier molecular flexibility index (Phi) is 6.07. The van der Waals surface area contributed by atoms with Gasteiger partial charge in [0.2, 0.25) is 5.95 Å². The monoisotopic (exact) mass is 492 g/mol. The van der Waals surface area contributed by atoms with Gasteiger partial charge >= 0.3 is 6.18 Å². The smallest absolute Gasteiger partial charge is 0.351 e. The highest BCUT2D eigenvalue weighted by Gasteiger charge is 2.36. The lowest BCUT2D eigenvalue weighted by molar-refractivity contribution is -0.137. The van der Waals surface area contributed by atoms with Crippen molar-refractivity contribution in [2.45, 2.75) is 56.9 Å². The van der Waals surface area contributed by atoms with Gasteiger partial charge < -0.3 is 9.88 Å². The van der Waals surface area contributed by atoms with Crippen LogP contribution in [0.15, 0.2) is 43.2 Å². The summed E-state index contributed by atoms with van der Waals surface area (Å²) >= 11 is 0. The average Bonchev–Trinajstić information content (AvgIpc) is 3.45. The molecule has 0 spiro atoms. The lowest BCUT2D eigenvalue weighted by Crippen LogP contribution is -2.29. The number of nitrogens with zero attached hydrogens (tertiary/aromatic N) is 7. The SMILES string of the molecule is FC(F)Cn1cc(-c2nc(N[C@@H]3CCC[C@H](n4cnc5cccnc54)C3)ncc2C(F)(F)F)cn1. The molecule has 2 atom stereocenters. The number of imidazole rings is 1. The molecule has 1 N–H and O–H groups in total. The molecular formula is C22H21F5N8. The van der Waals surface area contributed by atoms with Crippen molar-refractivity contribution in [1.82, 2.24) is 34.3 Å². The molecule has 1 aliphatic rings. The Balaban J connectivity index is 1.39. The molecular weight excluding hydrogens is 471 g/mol. The van der Waals surface area contributed by atoms with Crippen LogP contribution in [-0.2, 0) is 12.7 Å². The summed E-state index contributed by atoms with van der Waals surface area (Å²) < 4.78 is 69.1. The number of pyridine rings is 1. The van der Waals surface area contributed by atoms with Gasteiger partial charge in [-0.15, -0.1) is 0 Å². The standard InChI is InChI=1S/C22H21F5N8/c23-18(24)11-34-10-13(8-31-34)19-16(22(25,26)27)9-29-21(33-19)32-14-3-1-4-15(7-14)35-12-30-17-5-2-6-28-20(17)35/h2,5-6,8-10,12,14-15,18H,1,3-4,7,11H2,(H,29,32,33)/t14-,15+/m1/s1. The topological polar surface area (TPSA) is 86.3 Å². The Morgan fingerprint density at radius 1 is 1.11 bits per heavy atom. The van der Waals surface area contributed by atoms with Crippen LogP contribution in [0.4, 0.5) is 27.9 Å². The molecule has 4 aromatic rings. The van der Waals surface area contributed by atoms with E-state index in [1.807, 2.05) is 16.7 Å². The summed E-state index contributed by atoms with van der Waals surface area (Å²) in [5.41, 5.74) is 0.100. The van der Waals surface area contributed by atoms with Crippen LogP contribution in [0.2, 0.25) is 0 Å². The first kappa shape index (κ1) is 23.1. The molecule has 1 saturated carbocycles. The Bertz CT molecular complexity index is 1310. The van der Waals surface area contributed by atoms with Crippen LogP contribution in [0.25, 0.3) is 22.4 Å². The van der Waals surface area contributed by atoms with Gasteiger partial charge in [-0.3, -0.25) is 4.68 Å². The van der Waals surface area contributed by atoms with Gasteiger partial charge in [-0.2, -0.15) is 18.3 Å². The number of rotatable bonds is 6. The van der Waals surface area contributed by atoms with Gasteiger partial charge in [0.1, 0.15) is 17.6 Å². The fraction of sp³-hybridized carbons (Fsp3) is 0.409. The first-order valence-corrected chi connectivity index (χ1v) is 11.1. The van der Waals surface area contributed by atoms with Crippen molar-refractivity contribution in [3.63, 3.8) is 0 Å². The predicted molar refractivity (Wildman–Crippen MR) is 117 cm³/mol. The second kappa shape index (κ2) is 9.19. The fourth-order valence-electron chi connectivity index (χ4n) is 4.47. The number of hydrogen-bond acceptors (Lipinski definition) is 6. The quantitative estimate of drug-likeness (QED) is 0.383. The summed E-state index contributed by atoms with van der Waals surface area (Å²) in [6.45, 7) is -0.723. The van der Waals surface area contributed by atoms with Crippen molar-refractivity contribution in [3.05, 3.63) is 48.8 Å². The third-order valence-electron chi connectivity index (χ3n) is 6.03.